The maximum Gasteiger partial charge on any atom is 0.171 e. The zero-order chi connectivity index (χ0) is 13.0. The molecule has 2 aromatic rings. The third-order valence-electron chi connectivity index (χ3n) is 2.78. The van der Waals surface area contributed by atoms with E-state index in [2.05, 4.69) is 23.3 Å². The molecule has 0 aliphatic heterocycles. The molecule has 0 bridgehead atoms. The molecule has 0 atom stereocenters. The lowest BCUT2D eigenvalue weighted by atomic mass is 10.1. The fourth-order valence-corrected chi connectivity index (χ4v) is 1.93. The molecule has 1 aromatic heterocycles. The fourth-order valence-electron chi connectivity index (χ4n) is 1.76. The number of halogens is 1. The van der Waals surface area contributed by atoms with Gasteiger partial charge in [0, 0.05) is 24.5 Å². The summed E-state index contributed by atoms with van der Waals surface area (Å²) in [5.74, 6) is 0.601. The van der Waals surface area contributed by atoms with Gasteiger partial charge in [0.2, 0.25) is 0 Å². The lowest BCUT2D eigenvalue weighted by Crippen LogP contribution is -2.03. The number of anilines is 1. The first-order valence-electron chi connectivity index (χ1n) is 5.72. The SMILES string of the molecule is CNc1cccc(C)c1COc1cccnc1Cl. The Kier molecular flexibility index (Phi) is 4.05. The minimum absolute atomic E-state index is 0.386. The standard InChI is InChI=1S/C14H15ClN2O/c1-10-5-3-6-12(16-2)11(10)9-18-13-7-4-8-17-14(13)15/h3-8,16H,9H2,1-2H3. The normalized spacial score (nSPS) is 10.2. The van der Waals surface area contributed by atoms with Crippen LogP contribution in [0, 0.1) is 6.92 Å². The van der Waals surface area contributed by atoms with E-state index in [1.165, 1.54) is 5.56 Å². The number of nitrogens with one attached hydrogen (secondary N) is 1. The van der Waals surface area contributed by atoms with Gasteiger partial charge in [-0.3, -0.25) is 0 Å². The van der Waals surface area contributed by atoms with Crippen LogP contribution in [0.2, 0.25) is 5.15 Å². The Labute approximate surface area is 112 Å². The molecule has 1 N–H and O–H groups in total. The summed E-state index contributed by atoms with van der Waals surface area (Å²) < 4.78 is 5.71. The highest BCUT2D eigenvalue weighted by atomic mass is 35.5. The van der Waals surface area contributed by atoms with Crippen molar-refractivity contribution in [2.24, 2.45) is 0 Å². The van der Waals surface area contributed by atoms with Gasteiger partial charge >= 0.3 is 0 Å². The molecule has 4 heteroatoms. The van der Waals surface area contributed by atoms with Crippen LogP contribution in [0.15, 0.2) is 36.5 Å². The van der Waals surface area contributed by atoms with E-state index in [1.54, 1.807) is 12.3 Å². The first-order valence-corrected chi connectivity index (χ1v) is 6.09. The molecule has 0 amide bonds. The van der Waals surface area contributed by atoms with Crippen LogP contribution < -0.4 is 10.1 Å². The molecule has 0 aliphatic carbocycles. The Morgan fingerprint density at radius 2 is 2.11 bits per heavy atom. The highest BCUT2D eigenvalue weighted by molar-refractivity contribution is 6.30. The lowest BCUT2D eigenvalue weighted by Gasteiger charge is -2.13. The number of hydrogen-bond donors (Lipinski definition) is 1. The number of hydrogen-bond acceptors (Lipinski definition) is 3. The summed E-state index contributed by atoms with van der Waals surface area (Å²) in [7, 11) is 1.90. The van der Waals surface area contributed by atoms with Crippen LogP contribution in [0.5, 0.6) is 5.75 Å². The quantitative estimate of drug-likeness (QED) is 0.854. The van der Waals surface area contributed by atoms with Crippen LogP contribution in [0.3, 0.4) is 0 Å². The van der Waals surface area contributed by atoms with Gasteiger partial charge in [-0.2, -0.15) is 0 Å². The fraction of sp³-hybridized carbons (Fsp3) is 0.214. The van der Waals surface area contributed by atoms with Crippen molar-refractivity contribution in [3.8, 4) is 5.75 Å². The maximum absolute atomic E-state index is 5.95. The molecule has 3 nitrogen and oxygen atoms in total. The zero-order valence-electron chi connectivity index (χ0n) is 10.4. The van der Waals surface area contributed by atoms with Gasteiger partial charge in [0.25, 0.3) is 0 Å². The van der Waals surface area contributed by atoms with Gasteiger partial charge in [-0.25, -0.2) is 4.98 Å². The van der Waals surface area contributed by atoms with Crippen LogP contribution in [0.25, 0.3) is 0 Å². The van der Waals surface area contributed by atoms with Crippen molar-refractivity contribution in [1.29, 1.82) is 0 Å². The number of ether oxygens (including phenoxy) is 1. The van der Waals surface area contributed by atoms with E-state index in [0.29, 0.717) is 17.5 Å². The summed E-state index contributed by atoms with van der Waals surface area (Å²) in [6.45, 7) is 2.53. The molecular formula is C14H15ClN2O. The predicted molar refractivity (Wildman–Crippen MR) is 74.3 cm³/mol. The smallest absolute Gasteiger partial charge is 0.171 e. The van der Waals surface area contributed by atoms with E-state index in [-0.39, 0.29) is 0 Å². The molecule has 18 heavy (non-hydrogen) atoms. The average Bonchev–Trinajstić information content (AvgIpc) is 2.39. The van der Waals surface area contributed by atoms with Crippen LogP contribution in [-0.4, -0.2) is 12.0 Å². The molecule has 0 saturated heterocycles. The summed E-state index contributed by atoms with van der Waals surface area (Å²) in [5, 5.41) is 3.54. The number of benzene rings is 1. The second-order valence-corrected chi connectivity index (χ2v) is 4.29. The molecule has 0 unspecified atom stereocenters. The molecular weight excluding hydrogens is 248 g/mol. The van der Waals surface area contributed by atoms with Gasteiger partial charge in [-0.15, -0.1) is 0 Å². The van der Waals surface area contributed by atoms with Crippen molar-refractivity contribution < 1.29 is 4.74 Å². The van der Waals surface area contributed by atoms with Crippen molar-refractivity contribution in [2.75, 3.05) is 12.4 Å². The van der Waals surface area contributed by atoms with Gasteiger partial charge < -0.3 is 10.1 Å². The number of rotatable bonds is 4. The Bertz CT molecular complexity index is 543. The minimum atomic E-state index is 0.386. The van der Waals surface area contributed by atoms with E-state index in [4.69, 9.17) is 16.3 Å². The van der Waals surface area contributed by atoms with Gasteiger partial charge in [-0.1, -0.05) is 23.7 Å². The predicted octanol–water partition coefficient (Wildman–Crippen LogP) is 3.66. The third-order valence-corrected chi connectivity index (χ3v) is 3.06. The van der Waals surface area contributed by atoms with Crippen molar-refractivity contribution in [2.45, 2.75) is 13.5 Å². The molecule has 0 fully saturated rings. The lowest BCUT2D eigenvalue weighted by molar-refractivity contribution is 0.305. The summed E-state index contributed by atoms with van der Waals surface area (Å²) in [6, 6.07) is 9.72. The van der Waals surface area contributed by atoms with Crippen molar-refractivity contribution in [3.63, 3.8) is 0 Å². The molecule has 0 saturated carbocycles. The minimum Gasteiger partial charge on any atom is -0.486 e. The summed E-state index contributed by atoms with van der Waals surface area (Å²) in [4.78, 5) is 3.98. The average molecular weight is 263 g/mol. The van der Waals surface area contributed by atoms with E-state index in [0.717, 1.165) is 11.3 Å². The molecule has 1 aromatic carbocycles. The topological polar surface area (TPSA) is 34.1 Å². The second-order valence-electron chi connectivity index (χ2n) is 3.93. The van der Waals surface area contributed by atoms with Crippen molar-refractivity contribution >= 4 is 17.3 Å². The highest BCUT2D eigenvalue weighted by Gasteiger charge is 2.07. The third kappa shape index (κ3) is 2.74. The van der Waals surface area contributed by atoms with Crippen LogP contribution >= 0.6 is 11.6 Å². The van der Waals surface area contributed by atoms with E-state index in [1.807, 2.05) is 25.2 Å². The Morgan fingerprint density at radius 1 is 1.28 bits per heavy atom. The van der Waals surface area contributed by atoms with Crippen molar-refractivity contribution in [1.82, 2.24) is 4.98 Å². The Morgan fingerprint density at radius 3 is 2.83 bits per heavy atom. The second kappa shape index (κ2) is 5.74. The Balaban J connectivity index is 2.18. The van der Waals surface area contributed by atoms with Gasteiger partial charge in [0.05, 0.1) is 0 Å². The highest BCUT2D eigenvalue weighted by Crippen LogP contribution is 2.25. The van der Waals surface area contributed by atoms with E-state index in [9.17, 15) is 0 Å². The number of nitrogens with zero attached hydrogens (tertiary/aromatic N) is 1. The number of aromatic nitrogens is 1. The van der Waals surface area contributed by atoms with E-state index >= 15 is 0 Å². The molecule has 0 aliphatic rings. The van der Waals surface area contributed by atoms with Crippen LogP contribution in [0.4, 0.5) is 5.69 Å². The number of pyridine rings is 1. The van der Waals surface area contributed by atoms with Gasteiger partial charge in [0.1, 0.15) is 6.61 Å². The maximum atomic E-state index is 5.95. The number of aryl methyl sites for hydroxylation is 1. The monoisotopic (exact) mass is 262 g/mol. The molecule has 0 spiro atoms. The Hall–Kier alpha value is -1.74. The van der Waals surface area contributed by atoms with Crippen LogP contribution in [0.1, 0.15) is 11.1 Å². The summed E-state index contributed by atoms with van der Waals surface area (Å²) in [6.07, 6.45) is 1.64. The van der Waals surface area contributed by atoms with Gasteiger partial charge in [-0.05, 0) is 30.7 Å². The molecule has 1 heterocycles. The van der Waals surface area contributed by atoms with Crippen molar-refractivity contribution in [3.05, 3.63) is 52.8 Å². The first-order chi connectivity index (χ1) is 8.72. The van der Waals surface area contributed by atoms with Gasteiger partial charge in [0.15, 0.2) is 10.9 Å². The summed E-state index contributed by atoms with van der Waals surface area (Å²) >= 11 is 5.95. The zero-order valence-corrected chi connectivity index (χ0v) is 11.2. The first kappa shape index (κ1) is 12.7. The van der Waals surface area contributed by atoms with E-state index < -0.39 is 0 Å². The van der Waals surface area contributed by atoms with Crippen LogP contribution in [-0.2, 0) is 6.61 Å². The summed E-state index contributed by atoms with van der Waals surface area (Å²) in [5.41, 5.74) is 3.37. The largest absolute Gasteiger partial charge is 0.486 e. The molecule has 2 rings (SSSR count). The molecule has 94 valence electrons. The molecule has 0 radical (unpaired) electrons.